The van der Waals surface area contributed by atoms with Crippen molar-refractivity contribution in [1.29, 1.82) is 0 Å². The van der Waals surface area contributed by atoms with Crippen molar-refractivity contribution < 1.29 is 9.21 Å². The van der Waals surface area contributed by atoms with Crippen LogP contribution in [0.15, 0.2) is 70.0 Å². The summed E-state index contributed by atoms with van der Waals surface area (Å²) in [6.45, 7) is 4.71. The smallest absolute Gasteiger partial charge is 0.250 e. The van der Waals surface area contributed by atoms with E-state index in [1.165, 1.54) is 24.2 Å². The Labute approximate surface area is 175 Å². The Morgan fingerprint density at radius 1 is 1.23 bits per heavy atom. The summed E-state index contributed by atoms with van der Waals surface area (Å²) in [5.41, 5.74) is 4.18. The van der Waals surface area contributed by atoms with Crippen LogP contribution in [0.25, 0.3) is 11.0 Å². The van der Waals surface area contributed by atoms with Crippen molar-refractivity contribution in [3.05, 3.63) is 66.9 Å². The van der Waals surface area contributed by atoms with Gasteiger partial charge in [0.1, 0.15) is 17.8 Å². The van der Waals surface area contributed by atoms with Crippen LogP contribution in [0.5, 0.6) is 0 Å². The third-order valence-corrected chi connectivity index (χ3v) is 5.04. The van der Waals surface area contributed by atoms with Crippen molar-refractivity contribution in [2.75, 3.05) is 5.75 Å². The summed E-state index contributed by atoms with van der Waals surface area (Å²) >= 11 is 1.27. The SMILES string of the molecule is C=CCn1c(Cn2nnc3ccccc32)nnc1SCC(=O)NN=Cc1ccco1. The molecule has 3 aromatic heterocycles. The second-order valence-electron chi connectivity index (χ2n) is 6.13. The minimum atomic E-state index is -0.264. The fourth-order valence-electron chi connectivity index (χ4n) is 2.72. The molecule has 0 spiro atoms. The van der Waals surface area contributed by atoms with Gasteiger partial charge in [0.15, 0.2) is 11.0 Å². The molecule has 0 aliphatic heterocycles. The maximum Gasteiger partial charge on any atom is 0.250 e. The summed E-state index contributed by atoms with van der Waals surface area (Å²) < 4.78 is 8.78. The summed E-state index contributed by atoms with van der Waals surface area (Å²) in [6.07, 6.45) is 4.72. The zero-order valence-corrected chi connectivity index (χ0v) is 16.7. The van der Waals surface area contributed by atoms with E-state index in [0.29, 0.717) is 29.8 Å². The summed E-state index contributed by atoms with van der Waals surface area (Å²) in [5.74, 6) is 1.12. The molecule has 0 saturated heterocycles. The molecule has 0 unspecified atom stereocenters. The predicted octanol–water partition coefficient (Wildman–Crippen LogP) is 2.09. The maximum atomic E-state index is 12.0. The molecule has 0 fully saturated rings. The van der Waals surface area contributed by atoms with Crippen LogP contribution in [0.4, 0.5) is 0 Å². The van der Waals surface area contributed by atoms with E-state index >= 15 is 0 Å². The number of carbonyl (C=O) groups excluding carboxylic acids is 1. The van der Waals surface area contributed by atoms with E-state index in [-0.39, 0.29) is 11.7 Å². The Bertz CT molecular complexity index is 1180. The number of para-hydroxylation sites is 1. The number of benzene rings is 1. The molecule has 0 bridgehead atoms. The molecule has 0 atom stereocenters. The lowest BCUT2D eigenvalue weighted by Gasteiger charge is -2.07. The number of allylic oxidation sites excluding steroid dienone is 1. The third-order valence-electron chi connectivity index (χ3n) is 4.07. The van der Waals surface area contributed by atoms with Crippen LogP contribution < -0.4 is 5.43 Å². The monoisotopic (exact) mass is 422 g/mol. The normalized spacial score (nSPS) is 11.3. The molecule has 4 aromatic rings. The number of hydrogen-bond donors (Lipinski definition) is 1. The molecule has 4 rings (SSSR count). The van der Waals surface area contributed by atoms with Gasteiger partial charge < -0.3 is 8.98 Å². The van der Waals surface area contributed by atoms with Gasteiger partial charge in [0, 0.05) is 6.54 Å². The largest absolute Gasteiger partial charge is 0.463 e. The fraction of sp³-hybridized carbons (Fsp3) is 0.158. The van der Waals surface area contributed by atoms with Gasteiger partial charge in [0.2, 0.25) is 0 Å². The van der Waals surface area contributed by atoms with Crippen LogP contribution in [-0.4, -0.2) is 47.6 Å². The first kappa shape index (κ1) is 19.6. The van der Waals surface area contributed by atoms with Crippen molar-refractivity contribution in [1.82, 2.24) is 35.2 Å². The highest BCUT2D eigenvalue weighted by molar-refractivity contribution is 7.99. The molecule has 11 heteroatoms. The number of hydrogen-bond acceptors (Lipinski definition) is 8. The maximum absolute atomic E-state index is 12.0. The Kier molecular flexibility index (Phi) is 5.99. The van der Waals surface area contributed by atoms with E-state index in [9.17, 15) is 4.79 Å². The minimum Gasteiger partial charge on any atom is -0.463 e. The number of carbonyl (C=O) groups is 1. The standard InChI is InChI=1S/C19H18N8O2S/c1-2-9-26-17(12-27-16-8-4-3-7-15(16)21-25-27)22-24-19(26)30-13-18(28)23-20-11-14-6-5-10-29-14/h2-8,10-11H,1,9,12-13H2,(H,23,28). The molecule has 1 amide bonds. The molecule has 0 saturated carbocycles. The molecule has 1 N–H and O–H groups in total. The van der Waals surface area contributed by atoms with Crippen LogP contribution in [0.1, 0.15) is 11.6 Å². The first-order valence-corrected chi connectivity index (χ1v) is 10.0. The van der Waals surface area contributed by atoms with Gasteiger partial charge in [-0.05, 0) is 24.3 Å². The Morgan fingerprint density at radius 2 is 2.13 bits per heavy atom. The van der Waals surface area contributed by atoms with Crippen LogP contribution in [0.2, 0.25) is 0 Å². The summed E-state index contributed by atoms with van der Waals surface area (Å²) in [5, 5.41) is 21.3. The van der Waals surface area contributed by atoms with Gasteiger partial charge in [-0.2, -0.15) is 5.10 Å². The number of thioether (sulfide) groups is 1. The highest BCUT2D eigenvalue weighted by Crippen LogP contribution is 2.18. The number of aromatic nitrogens is 6. The number of rotatable bonds is 9. The molecule has 10 nitrogen and oxygen atoms in total. The Morgan fingerprint density at radius 3 is 2.97 bits per heavy atom. The molecule has 0 aliphatic rings. The molecule has 0 radical (unpaired) electrons. The summed E-state index contributed by atoms with van der Waals surface area (Å²) in [7, 11) is 0. The number of nitrogens with one attached hydrogen (secondary N) is 1. The predicted molar refractivity (Wildman–Crippen MR) is 112 cm³/mol. The summed E-state index contributed by atoms with van der Waals surface area (Å²) in [4.78, 5) is 12.0. The lowest BCUT2D eigenvalue weighted by Crippen LogP contribution is -2.20. The van der Waals surface area contributed by atoms with Gasteiger partial charge in [0.25, 0.3) is 5.91 Å². The van der Waals surface area contributed by atoms with Crippen molar-refractivity contribution >= 4 is 34.9 Å². The number of amides is 1. The van der Waals surface area contributed by atoms with Crippen LogP contribution >= 0.6 is 11.8 Å². The average molecular weight is 422 g/mol. The second-order valence-corrected chi connectivity index (χ2v) is 7.07. The van der Waals surface area contributed by atoms with Crippen LogP contribution in [-0.2, 0) is 17.9 Å². The number of nitrogens with zero attached hydrogens (tertiary/aromatic N) is 7. The van der Waals surface area contributed by atoms with Crippen molar-refractivity contribution in [3.63, 3.8) is 0 Å². The van der Waals surface area contributed by atoms with Gasteiger partial charge in [-0.25, -0.2) is 10.1 Å². The third kappa shape index (κ3) is 4.46. The van der Waals surface area contributed by atoms with E-state index in [0.717, 1.165) is 11.0 Å². The van der Waals surface area contributed by atoms with Crippen LogP contribution in [0, 0.1) is 0 Å². The van der Waals surface area contributed by atoms with Gasteiger partial charge in [-0.15, -0.1) is 21.9 Å². The summed E-state index contributed by atoms with van der Waals surface area (Å²) in [6, 6.07) is 11.2. The van der Waals surface area contributed by atoms with Crippen LogP contribution in [0.3, 0.4) is 0 Å². The number of furan rings is 1. The molecule has 3 heterocycles. The van der Waals surface area contributed by atoms with E-state index in [1.807, 2.05) is 28.8 Å². The van der Waals surface area contributed by atoms with Gasteiger partial charge in [-0.1, -0.05) is 35.2 Å². The van der Waals surface area contributed by atoms with Gasteiger partial charge in [0.05, 0.1) is 23.7 Å². The Hall–Kier alpha value is -3.73. The minimum absolute atomic E-state index is 0.136. The highest BCUT2D eigenvalue weighted by Gasteiger charge is 2.15. The van der Waals surface area contributed by atoms with E-state index in [4.69, 9.17) is 4.42 Å². The molecule has 152 valence electrons. The van der Waals surface area contributed by atoms with Gasteiger partial charge in [-0.3, -0.25) is 4.79 Å². The zero-order valence-electron chi connectivity index (χ0n) is 15.9. The zero-order chi connectivity index (χ0) is 20.8. The molecule has 30 heavy (non-hydrogen) atoms. The molecular weight excluding hydrogens is 404 g/mol. The van der Waals surface area contributed by atoms with Crippen molar-refractivity contribution in [3.8, 4) is 0 Å². The second kappa shape index (κ2) is 9.18. The Balaban J connectivity index is 1.42. The fourth-order valence-corrected chi connectivity index (χ4v) is 3.48. The van der Waals surface area contributed by atoms with Crippen molar-refractivity contribution in [2.24, 2.45) is 5.10 Å². The van der Waals surface area contributed by atoms with E-state index < -0.39 is 0 Å². The average Bonchev–Trinajstić information content (AvgIpc) is 3.49. The first-order chi connectivity index (χ1) is 14.7. The first-order valence-electron chi connectivity index (χ1n) is 9.04. The molecule has 1 aromatic carbocycles. The van der Waals surface area contributed by atoms with E-state index in [1.54, 1.807) is 22.9 Å². The highest BCUT2D eigenvalue weighted by atomic mass is 32.2. The lowest BCUT2D eigenvalue weighted by molar-refractivity contribution is -0.118. The number of hydrazone groups is 1. The number of fused-ring (bicyclic) bond motifs is 1. The quantitative estimate of drug-likeness (QED) is 0.190. The molecular formula is C19H18N8O2S. The topological polar surface area (TPSA) is 116 Å². The lowest BCUT2D eigenvalue weighted by atomic mass is 10.3. The van der Waals surface area contributed by atoms with Gasteiger partial charge >= 0.3 is 0 Å². The van der Waals surface area contributed by atoms with E-state index in [2.05, 4.69) is 37.6 Å². The molecule has 0 aliphatic carbocycles. The van der Waals surface area contributed by atoms with Crippen molar-refractivity contribution in [2.45, 2.75) is 18.2 Å².